The van der Waals surface area contributed by atoms with Gasteiger partial charge in [-0.3, -0.25) is 0 Å². The fourth-order valence-corrected chi connectivity index (χ4v) is 0.755. The molecular formula is C9H9Y-. The maximum absolute atomic E-state index is 3.68. The van der Waals surface area contributed by atoms with Crippen molar-refractivity contribution in [3.8, 4) is 0 Å². The summed E-state index contributed by atoms with van der Waals surface area (Å²) in [5.74, 6) is 0. The number of benzene rings is 1. The molecular weight excluding hydrogens is 197 g/mol. The molecule has 0 unspecified atom stereocenters. The van der Waals surface area contributed by atoms with Crippen LogP contribution in [0, 0.1) is 13.0 Å². The first-order valence-corrected chi connectivity index (χ1v) is 2.93. The molecule has 0 amide bonds. The first-order valence-electron chi connectivity index (χ1n) is 2.93. The van der Waals surface area contributed by atoms with Gasteiger partial charge in [-0.1, -0.05) is 13.0 Å². The molecule has 1 rings (SSSR count). The van der Waals surface area contributed by atoms with Crippen LogP contribution in [0.25, 0.3) is 6.08 Å². The van der Waals surface area contributed by atoms with E-state index in [9.17, 15) is 0 Å². The Morgan fingerprint density at radius 3 is 2.70 bits per heavy atom. The van der Waals surface area contributed by atoms with Gasteiger partial charge in [-0.25, -0.2) is 0 Å². The summed E-state index contributed by atoms with van der Waals surface area (Å²) in [6, 6.07) is 8.84. The number of aryl methyl sites for hydroxylation is 1. The van der Waals surface area contributed by atoms with Crippen molar-refractivity contribution in [3.63, 3.8) is 0 Å². The van der Waals surface area contributed by atoms with Crippen LogP contribution in [-0.4, -0.2) is 0 Å². The predicted octanol–water partition coefficient (Wildman–Crippen LogP) is 2.44. The third kappa shape index (κ3) is 2.36. The minimum absolute atomic E-state index is 0. The van der Waals surface area contributed by atoms with Crippen molar-refractivity contribution >= 4 is 6.08 Å². The monoisotopic (exact) mass is 206 g/mol. The van der Waals surface area contributed by atoms with Gasteiger partial charge in [-0.2, -0.15) is 29.8 Å². The van der Waals surface area contributed by atoms with Crippen molar-refractivity contribution < 1.29 is 32.7 Å². The van der Waals surface area contributed by atoms with Gasteiger partial charge in [0.1, 0.15) is 0 Å². The maximum Gasteiger partial charge on any atom is 0 e. The molecule has 0 heterocycles. The van der Waals surface area contributed by atoms with Crippen LogP contribution >= 0.6 is 0 Å². The third-order valence-electron chi connectivity index (χ3n) is 1.33. The van der Waals surface area contributed by atoms with Crippen LogP contribution in [0.2, 0.25) is 0 Å². The number of rotatable bonds is 1. The summed E-state index contributed by atoms with van der Waals surface area (Å²) in [6.45, 7) is 5.73. The standard InChI is InChI=1S/C9H9.Y/c1-3-9-7-5-4-6-8(9)2;/h3,5-7H,1H2,2H3;/q-1;. The normalized spacial score (nSPS) is 8.10. The molecule has 0 saturated carbocycles. The van der Waals surface area contributed by atoms with Crippen molar-refractivity contribution in [3.05, 3.63) is 42.0 Å². The summed E-state index contributed by atoms with van der Waals surface area (Å²) in [6.07, 6.45) is 1.85. The predicted molar refractivity (Wildman–Crippen MR) is 40.1 cm³/mol. The van der Waals surface area contributed by atoms with E-state index in [0.29, 0.717) is 0 Å². The zero-order valence-electron chi connectivity index (χ0n) is 6.09. The zero-order chi connectivity index (χ0) is 6.69. The van der Waals surface area contributed by atoms with Crippen LogP contribution in [0.4, 0.5) is 0 Å². The van der Waals surface area contributed by atoms with Crippen molar-refractivity contribution in [2.45, 2.75) is 6.92 Å². The average molecular weight is 206 g/mol. The van der Waals surface area contributed by atoms with E-state index in [1.165, 1.54) is 11.1 Å². The molecule has 1 radical (unpaired) electrons. The molecule has 1 aromatic rings. The van der Waals surface area contributed by atoms with Crippen molar-refractivity contribution in [2.24, 2.45) is 0 Å². The fraction of sp³-hybridized carbons (Fsp3) is 0.111. The Hall–Kier alpha value is 0.0639. The van der Waals surface area contributed by atoms with Crippen LogP contribution in [0.1, 0.15) is 11.1 Å². The molecule has 0 aliphatic heterocycles. The van der Waals surface area contributed by atoms with Gasteiger partial charge in [0.05, 0.1) is 0 Å². The molecule has 0 atom stereocenters. The van der Waals surface area contributed by atoms with E-state index >= 15 is 0 Å². The smallest absolute Gasteiger partial charge is 0 e. The second-order valence-corrected chi connectivity index (χ2v) is 1.99. The Bertz CT molecular complexity index is 216. The largest absolute Gasteiger partial charge is 0.184 e. The summed E-state index contributed by atoms with van der Waals surface area (Å²) in [4.78, 5) is 0. The minimum Gasteiger partial charge on any atom is -0.184 e. The molecule has 0 aliphatic carbocycles. The Morgan fingerprint density at radius 1 is 1.60 bits per heavy atom. The Morgan fingerprint density at radius 2 is 2.30 bits per heavy atom. The molecule has 0 bridgehead atoms. The van der Waals surface area contributed by atoms with Gasteiger partial charge < -0.3 is 0 Å². The van der Waals surface area contributed by atoms with E-state index in [0.717, 1.165) is 0 Å². The molecule has 1 heteroatoms. The minimum atomic E-state index is 0. The van der Waals surface area contributed by atoms with Crippen LogP contribution in [0.5, 0.6) is 0 Å². The number of hydrogen-bond donors (Lipinski definition) is 0. The van der Waals surface area contributed by atoms with E-state index in [4.69, 9.17) is 0 Å². The Balaban J connectivity index is 0.000000810. The SMILES string of the molecule is C=Cc1cc[c-]cc1C.[Y]. The molecule has 1 aromatic carbocycles. The van der Waals surface area contributed by atoms with Crippen LogP contribution in [-0.2, 0) is 32.7 Å². The van der Waals surface area contributed by atoms with E-state index in [-0.39, 0.29) is 32.7 Å². The second kappa shape index (κ2) is 4.81. The zero-order valence-corrected chi connectivity index (χ0v) is 8.93. The van der Waals surface area contributed by atoms with Gasteiger partial charge in [0, 0.05) is 32.7 Å². The van der Waals surface area contributed by atoms with Crippen molar-refractivity contribution in [2.75, 3.05) is 0 Å². The van der Waals surface area contributed by atoms with Crippen molar-refractivity contribution in [1.82, 2.24) is 0 Å². The summed E-state index contributed by atoms with van der Waals surface area (Å²) in [5.41, 5.74) is 2.42. The molecule has 0 N–H and O–H groups in total. The summed E-state index contributed by atoms with van der Waals surface area (Å²) >= 11 is 0. The van der Waals surface area contributed by atoms with Gasteiger partial charge >= 0.3 is 0 Å². The summed E-state index contributed by atoms with van der Waals surface area (Å²) in [7, 11) is 0. The molecule has 0 aromatic heterocycles. The van der Waals surface area contributed by atoms with Gasteiger partial charge in [0.2, 0.25) is 0 Å². The topological polar surface area (TPSA) is 0 Å². The van der Waals surface area contributed by atoms with Crippen LogP contribution in [0.3, 0.4) is 0 Å². The fourth-order valence-electron chi connectivity index (χ4n) is 0.755. The number of hydrogen-bond acceptors (Lipinski definition) is 0. The van der Waals surface area contributed by atoms with Crippen LogP contribution < -0.4 is 0 Å². The van der Waals surface area contributed by atoms with Gasteiger partial charge in [-0.05, 0) is 0 Å². The molecule has 0 fully saturated rings. The quantitative estimate of drug-likeness (QED) is 0.619. The molecule has 49 valence electrons. The van der Waals surface area contributed by atoms with Crippen LogP contribution in [0.15, 0.2) is 24.8 Å². The Kier molecular flexibility index (Phi) is 4.85. The first kappa shape index (κ1) is 10.1. The van der Waals surface area contributed by atoms with E-state index in [1.807, 2.05) is 31.2 Å². The molecule has 0 nitrogen and oxygen atoms in total. The Labute approximate surface area is 87.2 Å². The summed E-state index contributed by atoms with van der Waals surface area (Å²) in [5, 5.41) is 0. The third-order valence-corrected chi connectivity index (χ3v) is 1.33. The maximum atomic E-state index is 3.68. The molecule has 0 aliphatic rings. The summed E-state index contributed by atoms with van der Waals surface area (Å²) < 4.78 is 0. The second-order valence-electron chi connectivity index (χ2n) is 1.99. The average Bonchev–Trinajstić information content (AvgIpc) is 1.89. The van der Waals surface area contributed by atoms with E-state index in [2.05, 4.69) is 12.6 Å². The van der Waals surface area contributed by atoms with E-state index in [1.54, 1.807) is 0 Å². The van der Waals surface area contributed by atoms with Gasteiger partial charge in [-0.15, -0.1) is 12.1 Å². The van der Waals surface area contributed by atoms with Gasteiger partial charge in [0.25, 0.3) is 0 Å². The molecule has 10 heavy (non-hydrogen) atoms. The first-order chi connectivity index (χ1) is 4.34. The molecule has 0 spiro atoms. The van der Waals surface area contributed by atoms with Crippen molar-refractivity contribution in [1.29, 1.82) is 0 Å². The molecule has 0 saturated heterocycles. The van der Waals surface area contributed by atoms with E-state index < -0.39 is 0 Å². The van der Waals surface area contributed by atoms with Gasteiger partial charge in [0.15, 0.2) is 0 Å².